The monoisotopic (exact) mass is 214 g/mol. The molecule has 0 aromatic carbocycles. The highest BCUT2D eigenvalue weighted by Gasteiger charge is 2.02. The van der Waals surface area contributed by atoms with E-state index >= 15 is 0 Å². The van der Waals surface area contributed by atoms with E-state index in [9.17, 15) is 0 Å². The van der Waals surface area contributed by atoms with Gasteiger partial charge >= 0.3 is 0 Å². The maximum atomic E-state index is 9.05. The van der Waals surface area contributed by atoms with Crippen molar-refractivity contribution < 1.29 is 5.11 Å². The number of hydrogen-bond acceptors (Lipinski definition) is 2. The predicted molar refractivity (Wildman–Crippen MR) is 61.9 cm³/mol. The third-order valence-electron chi connectivity index (χ3n) is 1.90. The fourth-order valence-electron chi connectivity index (χ4n) is 1.18. The van der Waals surface area contributed by atoms with Gasteiger partial charge in [-0.15, -0.1) is 11.3 Å². The third-order valence-corrected chi connectivity index (χ3v) is 3.40. The molecule has 72 valence electrons. The van der Waals surface area contributed by atoms with Gasteiger partial charge in [0.05, 0.1) is 4.88 Å². The number of unbranched alkanes of at least 4 members (excludes halogenated alkanes) is 2. The van der Waals surface area contributed by atoms with Gasteiger partial charge in [-0.3, -0.25) is 0 Å². The fourth-order valence-corrected chi connectivity index (χ4v) is 2.26. The van der Waals surface area contributed by atoms with Gasteiger partial charge in [-0.05, 0) is 37.2 Å². The molecule has 1 aromatic rings. The zero-order valence-corrected chi connectivity index (χ0v) is 9.38. The maximum absolute atomic E-state index is 9.05. The number of thiocarbonyl (C=S) groups is 1. The van der Waals surface area contributed by atoms with Crippen molar-refractivity contribution in [3.05, 3.63) is 21.9 Å². The number of aryl methyl sites for hydroxylation is 1. The van der Waals surface area contributed by atoms with Crippen LogP contribution in [0, 0.1) is 0 Å². The molecule has 0 aliphatic carbocycles. The quantitative estimate of drug-likeness (QED) is 0.595. The van der Waals surface area contributed by atoms with Gasteiger partial charge in [0.2, 0.25) is 0 Å². The summed E-state index contributed by atoms with van der Waals surface area (Å²) in [6, 6.07) is 3.95. The first-order valence-electron chi connectivity index (χ1n) is 4.56. The first kappa shape index (κ1) is 10.7. The minimum Gasteiger partial charge on any atom is -0.498 e. The number of hydrogen-bond donors (Lipinski definition) is 1. The van der Waals surface area contributed by atoms with Gasteiger partial charge in [0, 0.05) is 4.88 Å². The highest BCUT2D eigenvalue weighted by atomic mass is 32.1. The van der Waals surface area contributed by atoms with Crippen molar-refractivity contribution in [2.75, 3.05) is 0 Å². The van der Waals surface area contributed by atoms with Crippen LogP contribution < -0.4 is 0 Å². The molecular formula is C10H14OS2. The van der Waals surface area contributed by atoms with E-state index in [1.54, 1.807) is 11.3 Å². The summed E-state index contributed by atoms with van der Waals surface area (Å²) in [7, 11) is 0. The average Bonchev–Trinajstić information content (AvgIpc) is 2.53. The minimum atomic E-state index is 0.0201. The van der Waals surface area contributed by atoms with E-state index in [0.29, 0.717) is 0 Å². The van der Waals surface area contributed by atoms with Crippen LogP contribution in [0.5, 0.6) is 0 Å². The highest BCUT2D eigenvalue weighted by molar-refractivity contribution is 7.80. The van der Waals surface area contributed by atoms with Crippen LogP contribution in [0.15, 0.2) is 12.1 Å². The summed E-state index contributed by atoms with van der Waals surface area (Å²) in [5, 5.41) is 9.07. The molecular weight excluding hydrogens is 200 g/mol. The second-order valence-electron chi connectivity index (χ2n) is 3.03. The van der Waals surface area contributed by atoms with Gasteiger partial charge < -0.3 is 5.11 Å². The number of aliphatic hydroxyl groups is 1. The zero-order chi connectivity index (χ0) is 9.68. The number of rotatable bonds is 5. The Kier molecular flexibility index (Phi) is 4.39. The van der Waals surface area contributed by atoms with Gasteiger partial charge in [0.15, 0.2) is 5.05 Å². The van der Waals surface area contributed by atoms with Crippen LogP contribution in [0.4, 0.5) is 0 Å². The lowest BCUT2D eigenvalue weighted by Crippen LogP contribution is -1.87. The second kappa shape index (κ2) is 5.35. The Bertz CT molecular complexity index is 278. The van der Waals surface area contributed by atoms with Crippen LogP contribution in [0.3, 0.4) is 0 Å². The summed E-state index contributed by atoms with van der Waals surface area (Å²) < 4.78 is 0. The smallest absolute Gasteiger partial charge is 0.198 e. The summed E-state index contributed by atoms with van der Waals surface area (Å²) >= 11 is 6.28. The van der Waals surface area contributed by atoms with Gasteiger partial charge in [0.25, 0.3) is 0 Å². The molecule has 0 radical (unpaired) electrons. The summed E-state index contributed by atoms with van der Waals surface area (Å²) in [6.45, 7) is 2.20. The first-order valence-corrected chi connectivity index (χ1v) is 5.78. The van der Waals surface area contributed by atoms with Crippen LogP contribution >= 0.6 is 23.6 Å². The summed E-state index contributed by atoms with van der Waals surface area (Å²) in [5.74, 6) is 0. The Balaban J connectivity index is 2.44. The molecule has 0 saturated heterocycles. The summed E-state index contributed by atoms with van der Waals surface area (Å²) in [5.41, 5.74) is 0. The molecule has 0 bridgehead atoms. The van der Waals surface area contributed by atoms with Crippen molar-refractivity contribution in [3.8, 4) is 0 Å². The molecule has 1 N–H and O–H groups in total. The lowest BCUT2D eigenvalue weighted by atomic mass is 10.2. The molecule has 1 nitrogen and oxygen atoms in total. The average molecular weight is 214 g/mol. The molecule has 0 fully saturated rings. The molecule has 1 rings (SSSR count). The predicted octanol–water partition coefficient (Wildman–Crippen LogP) is 3.71. The van der Waals surface area contributed by atoms with Crippen LogP contribution in [0.2, 0.25) is 0 Å². The number of aliphatic hydroxyl groups excluding tert-OH is 1. The summed E-state index contributed by atoms with van der Waals surface area (Å²) in [6.07, 6.45) is 4.86. The van der Waals surface area contributed by atoms with E-state index in [4.69, 9.17) is 5.11 Å². The molecule has 0 aliphatic rings. The molecule has 0 aliphatic heterocycles. The molecule has 0 saturated carbocycles. The standard InChI is InChI=1S/C10H14OS2/c1-2-3-4-5-8-6-7-9(13-8)10(11)12/h6-7H,2-5H2,1H3,(H,11,12). The summed E-state index contributed by atoms with van der Waals surface area (Å²) in [4.78, 5) is 2.14. The van der Waals surface area contributed by atoms with E-state index in [0.717, 1.165) is 11.3 Å². The molecule has 1 heterocycles. The van der Waals surface area contributed by atoms with Crippen molar-refractivity contribution in [2.24, 2.45) is 0 Å². The third kappa shape index (κ3) is 3.44. The number of thiophene rings is 1. The van der Waals surface area contributed by atoms with E-state index in [2.05, 4.69) is 25.2 Å². The van der Waals surface area contributed by atoms with E-state index in [1.165, 1.54) is 24.1 Å². The lowest BCUT2D eigenvalue weighted by Gasteiger charge is -1.94. The van der Waals surface area contributed by atoms with Crippen molar-refractivity contribution in [1.82, 2.24) is 0 Å². The van der Waals surface area contributed by atoms with Gasteiger partial charge in [-0.2, -0.15) is 0 Å². The second-order valence-corrected chi connectivity index (χ2v) is 4.58. The molecule has 1 aromatic heterocycles. The van der Waals surface area contributed by atoms with Crippen LogP contribution in [-0.2, 0) is 6.42 Å². The fraction of sp³-hybridized carbons (Fsp3) is 0.500. The van der Waals surface area contributed by atoms with Crippen LogP contribution in [-0.4, -0.2) is 10.2 Å². The van der Waals surface area contributed by atoms with Crippen molar-refractivity contribution in [1.29, 1.82) is 0 Å². The Hall–Kier alpha value is -0.410. The largest absolute Gasteiger partial charge is 0.498 e. The van der Waals surface area contributed by atoms with Gasteiger partial charge in [0.1, 0.15) is 0 Å². The Morgan fingerprint density at radius 1 is 1.46 bits per heavy atom. The van der Waals surface area contributed by atoms with E-state index in [-0.39, 0.29) is 5.05 Å². The van der Waals surface area contributed by atoms with Crippen molar-refractivity contribution in [2.45, 2.75) is 32.6 Å². The van der Waals surface area contributed by atoms with Gasteiger partial charge in [-0.25, -0.2) is 0 Å². The molecule has 3 heteroatoms. The van der Waals surface area contributed by atoms with E-state index < -0.39 is 0 Å². The Labute approximate surface area is 88.4 Å². The molecule has 13 heavy (non-hydrogen) atoms. The zero-order valence-electron chi connectivity index (χ0n) is 7.75. The first-order chi connectivity index (χ1) is 6.24. The van der Waals surface area contributed by atoms with Gasteiger partial charge in [-0.1, -0.05) is 19.8 Å². The van der Waals surface area contributed by atoms with Crippen molar-refractivity contribution >= 4 is 28.6 Å². The molecule has 0 atom stereocenters. The van der Waals surface area contributed by atoms with Crippen LogP contribution in [0.1, 0.15) is 35.9 Å². The highest BCUT2D eigenvalue weighted by Crippen LogP contribution is 2.19. The van der Waals surface area contributed by atoms with E-state index in [1.807, 2.05) is 6.07 Å². The minimum absolute atomic E-state index is 0.0201. The molecule has 0 spiro atoms. The molecule has 0 amide bonds. The molecule has 0 unspecified atom stereocenters. The SMILES string of the molecule is CCCCCc1ccc(C(O)=S)s1. The lowest BCUT2D eigenvalue weighted by molar-refractivity contribution is 0.572. The topological polar surface area (TPSA) is 20.2 Å². The van der Waals surface area contributed by atoms with Crippen LogP contribution in [0.25, 0.3) is 0 Å². The van der Waals surface area contributed by atoms with Crippen molar-refractivity contribution in [3.63, 3.8) is 0 Å². The normalized spacial score (nSPS) is 10.2. The Morgan fingerprint density at radius 2 is 2.23 bits per heavy atom. The maximum Gasteiger partial charge on any atom is 0.198 e. The Morgan fingerprint density at radius 3 is 2.77 bits per heavy atom.